The number of amides is 2. The van der Waals surface area contributed by atoms with Crippen LogP contribution in [0, 0.1) is 5.92 Å². The average molecular weight is 593 g/mol. The van der Waals surface area contributed by atoms with Crippen LogP contribution in [-0.2, 0) is 32.7 Å². The molecule has 3 N–H and O–H groups in total. The molecule has 0 unspecified atom stereocenters. The van der Waals surface area contributed by atoms with Gasteiger partial charge in [0.2, 0.25) is 22.3 Å². The third-order valence-electron chi connectivity index (χ3n) is 6.36. The van der Waals surface area contributed by atoms with Crippen molar-refractivity contribution in [1.29, 1.82) is 0 Å². The Bertz CT molecular complexity index is 1410. The maximum atomic E-state index is 12.4. The molecule has 1 aromatic heterocycles. The quantitative estimate of drug-likeness (QED) is 0.355. The Hall–Kier alpha value is -3.97. The minimum absolute atomic E-state index is 0.0723. The lowest BCUT2D eigenvalue weighted by molar-refractivity contribution is -0.274. The Kier molecular flexibility index (Phi) is 10.8. The van der Waals surface area contributed by atoms with E-state index < -0.39 is 16.4 Å². The van der Waals surface area contributed by atoms with E-state index in [0.29, 0.717) is 29.6 Å². The first-order chi connectivity index (χ1) is 19.4. The van der Waals surface area contributed by atoms with Crippen molar-refractivity contribution < 1.29 is 35.9 Å². The number of nitrogens with two attached hydrogens (primary N) is 1. The summed E-state index contributed by atoms with van der Waals surface area (Å²) in [6, 6.07) is 15.5. The molecule has 2 amide bonds. The van der Waals surface area contributed by atoms with Gasteiger partial charge in [0, 0.05) is 36.8 Å². The van der Waals surface area contributed by atoms with Crippen LogP contribution in [-0.4, -0.2) is 44.0 Å². The molecule has 4 rings (SSSR count). The highest BCUT2D eigenvalue weighted by molar-refractivity contribution is 7.89. The second-order valence-corrected chi connectivity index (χ2v) is 11.0. The van der Waals surface area contributed by atoms with Gasteiger partial charge >= 0.3 is 6.36 Å². The zero-order valence-electron chi connectivity index (χ0n) is 22.3. The van der Waals surface area contributed by atoms with E-state index >= 15 is 0 Å². The van der Waals surface area contributed by atoms with Gasteiger partial charge in [-0.3, -0.25) is 14.6 Å². The van der Waals surface area contributed by atoms with E-state index in [-0.39, 0.29) is 29.0 Å². The number of nitrogens with one attached hydrogen (secondary N) is 1. The number of ether oxygens (including phenoxy) is 1. The molecule has 3 aromatic rings. The second-order valence-electron chi connectivity index (χ2n) is 9.45. The molecule has 1 saturated carbocycles. The molecule has 1 fully saturated rings. The van der Waals surface area contributed by atoms with E-state index in [1.165, 1.54) is 30.3 Å². The number of halogens is 3. The summed E-state index contributed by atoms with van der Waals surface area (Å²) in [5, 5.41) is 7.68. The van der Waals surface area contributed by atoms with Crippen LogP contribution in [0.4, 0.5) is 13.2 Å². The number of carbonyl (C=O) groups excluding carboxylic acids is 2. The number of aromatic nitrogens is 1. The summed E-state index contributed by atoms with van der Waals surface area (Å²) in [5.41, 5.74) is 2.64. The number of pyridine rings is 1. The Labute approximate surface area is 236 Å². The van der Waals surface area contributed by atoms with Crippen molar-refractivity contribution in [2.24, 2.45) is 11.1 Å². The van der Waals surface area contributed by atoms with Gasteiger partial charge in [-0.2, -0.15) is 0 Å². The van der Waals surface area contributed by atoms with E-state index in [1.54, 1.807) is 42.4 Å². The van der Waals surface area contributed by atoms with Crippen LogP contribution in [0.25, 0.3) is 11.1 Å². The van der Waals surface area contributed by atoms with Crippen molar-refractivity contribution in [2.45, 2.75) is 50.0 Å². The fourth-order valence-corrected chi connectivity index (χ4v) is 5.17. The number of alkyl halides is 3. The Morgan fingerprint density at radius 2 is 1.76 bits per heavy atom. The van der Waals surface area contributed by atoms with E-state index in [4.69, 9.17) is 5.14 Å². The molecule has 9 nitrogen and oxygen atoms in total. The first-order valence-electron chi connectivity index (χ1n) is 12.7. The van der Waals surface area contributed by atoms with Crippen LogP contribution < -0.4 is 15.2 Å². The predicted octanol–water partition coefficient (Wildman–Crippen LogP) is 4.38. The summed E-state index contributed by atoms with van der Waals surface area (Å²) in [6.07, 6.45) is 1.65. The molecule has 0 atom stereocenters. The van der Waals surface area contributed by atoms with Crippen LogP contribution in [0.3, 0.4) is 0 Å². The van der Waals surface area contributed by atoms with E-state index in [0.717, 1.165) is 31.4 Å². The highest BCUT2D eigenvalue weighted by Gasteiger charge is 2.31. The molecule has 1 aliphatic rings. The maximum absolute atomic E-state index is 12.4. The van der Waals surface area contributed by atoms with Crippen molar-refractivity contribution in [3.05, 3.63) is 78.1 Å². The van der Waals surface area contributed by atoms with E-state index in [9.17, 15) is 31.2 Å². The van der Waals surface area contributed by atoms with Crippen LogP contribution in [0.1, 0.15) is 36.9 Å². The van der Waals surface area contributed by atoms with Crippen molar-refractivity contribution >= 4 is 22.3 Å². The van der Waals surface area contributed by atoms with Gasteiger partial charge in [0.1, 0.15) is 5.75 Å². The molecule has 0 aliphatic heterocycles. The highest BCUT2D eigenvalue weighted by Crippen LogP contribution is 2.28. The van der Waals surface area contributed by atoms with Gasteiger partial charge < -0.3 is 15.0 Å². The van der Waals surface area contributed by atoms with Crippen LogP contribution in [0.15, 0.2) is 71.8 Å². The molecule has 41 heavy (non-hydrogen) atoms. The number of sulfonamides is 1. The lowest BCUT2D eigenvalue weighted by atomic mass is 10.1. The van der Waals surface area contributed by atoms with E-state index in [1.807, 2.05) is 6.07 Å². The molecule has 0 bridgehead atoms. The molecule has 2 aromatic carbocycles. The molecule has 13 heteroatoms. The zero-order chi connectivity index (χ0) is 30.0. The first kappa shape index (κ1) is 31.6. The van der Waals surface area contributed by atoms with Crippen molar-refractivity contribution in [3.8, 4) is 16.9 Å². The van der Waals surface area contributed by atoms with Gasteiger partial charge in [0.15, 0.2) is 0 Å². The van der Waals surface area contributed by atoms with Gasteiger partial charge in [0.25, 0.3) is 0 Å². The minimum Gasteiger partial charge on any atom is -0.406 e. The SMILES string of the molecule is CN(Cc1ccc(-c2ccccc2S(N)(=O)=O)cn1)C(=O)C1CCCC1.O=CNCc1ccc(OC(F)(F)F)cc1. The molecular weight excluding hydrogens is 561 g/mol. The summed E-state index contributed by atoms with van der Waals surface area (Å²) in [5.74, 6) is 0.0335. The fourth-order valence-electron chi connectivity index (χ4n) is 4.40. The van der Waals surface area contributed by atoms with Crippen LogP contribution in [0.2, 0.25) is 0 Å². The number of carbonyl (C=O) groups is 2. The first-order valence-corrected chi connectivity index (χ1v) is 14.3. The largest absolute Gasteiger partial charge is 0.573 e. The molecule has 0 saturated heterocycles. The Morgan fingerprint density at radius 1 is 1.10 bits per heavy atom. The number of primary sulfonamides is 1. The lowest BCUT2D eigenvalue weighted by Gasteiger charge is -2.20. The summed E-state index contributed by atoms with van der Waals surface area (Å²) in [4.78, 5) is 28.5. The summed E-state index contributed by atoms with van der Waals surface area (Å²) >= 11 is 0. The Balaban J connectivity index is 0.000000263. The summed E-state index contributed by atoms with van der Waals surface area (Å²) in [6.45, 7) is 0.711. The third-order valence-corrected chi connectivity index (χ3v) is 7.32. The summed E-state index contributed by atoms with van der Waals surface area (Å²) < 4.78 is 62.5. The number of hydrogen-bond donors (Lipinski definition) is 2. The van der Waals surface area contributed by atoms with Gasteiger partial charge in [0.05, 0.1) is 17.1 Å². The normalized spacial score (nSPS) is 13.6. The van der Waals surface area contributed by atoms with Crippen molar-refractivity contribution in [2.75, 3.05) is 7.05 Å². The predicted molar refractivity (Wildman–Crippen MR) is 146 cm³/mol. The van der Waals surface area contributed by atoms with Crippen molar-refractivity contribution in [3.63, 3.8) is 0 Å². The summed E-state index contributed by atoms with van der Waals surface area (Å²) in [7, 11) is -2.01. The molecule has 1 heterocycles. The standard InChI is InChI=1S/C19H23N3O3S.C9H8F3NO2/c1-22(19(23)14-6-2-3-7-14)13-16-11-10-15(12-21-16)17-8-4-5-9-18(17)26(20,24)25;10-9(11,12)15-8-3-1-7(2-4-8)5-13-6-14/h4-5,8-12,14H,2-3,6-7,13H2,1H3,(H2,20,24,25);1-4,6H,5H2,(H,13,14). The molecule has 1 aliphatic carbocycles. The molecular formula is C28H31F3N4O5S. The maximum Gasteiger partial charge on any atom is 0.573 e. The lowest BCUT2D eigenvalue weighted by Crippen LogP contribution is -2.31. The van der Waals surface area contributed by atoms with Crippen LogP contribution >= 0.6 is 0 Å². The van der Waals surface area contributed by atoms with Crippen molar-refractivity contribution in [1.82, 2.24) is 15.2 Å². The monoisotopic (exact) mass is 592 g/mol. The van der Waals surface area contributed by atoms with E-state index in [2.05, 4.69) is 15.0 Å². The topological polar surface area (TPSA) is 132 Å². The third kappa shape index (κ3) is 9.87. The fraction of sp³-hybridized carbons (Fsp3) is 0.321. The smallest absolute Gasteiger partial charge is 0.406 e. The number of hydrogen-bond acceptors (Lipinski definition) is 6. The van der Waals surface area contributed by atoms with Gasteiger partial charge in [-0.25, -0.2) is 13.6 Å². The second kappa shape index (κ2) is 14.1. The number of benzene rings is 2. The Morgan fingerprint density at radius 3 is 2.32 bits per heavy atom. The minimum atomic E-state index is -4.68. The molecule has 0 radical (unpaired) electrons. The molecule has 220 valence electrons. The molecule has 0 spiro atoms. The average Bonchev–Trinajstić information content (AvgIpc) is 3.47. The zero-order valence-corrected chi connectivity index (χ0v) is 23.1. The van der Waals surface area contributed by atoms with Gasteiger partial charge in [-0.05, 0) is 42.7 Å². The van der Waals surface area contributed by atoms with Crippen LogP contribution in [0.5, 0.6) is 5.75 Å². The van der Waals surface area contributed by atoms with Gasteiger partial charge in [-0.15, -0.1) is 13.2 Å². The number of rotatable bonds is 9. The number of nitrogens with zero attached hydrogens (tertiary/aromatic N) is 2. The highest BCUT2D eigenvalue weighted by atomic mass is 32.2. The van der Waals surface area contributed by atoms with Gasteiger partial charge in [-0.1, -0.05) is 49.2 Å².